The average molecular weight is 208 g/mol. The maximum atomic E-state index is 8.73. The molecule has 0 spiro atoms. The molecule has 84 valence electrons. The average Bonchev–Trinajstić information content (AvgIpc) is 2.20. The summed E-state index contributed by atoms with van der Waals surface area (Å²) in [5.41, 5.74) is 8.78. The molecule has 0 saturated heterocycles. The third-order valence-electron chi connectivity index (χ3n) is 2.46. The van der Waals surface area contributed by atoms with E-state index in [1.807, 2.05) is 18.2 Å². The van der Waals surface area contributed by atoms with E-state index >= 15 is 0 Å². The third-order valence-corrected chi connectivity index (χ3v) is 2.46. The van der Waals surface area contributed by atoms with Crippen molar-refractivity contribution in [3.8, 4) is 0 Å². The van der Waals surface area contributed by atoms with Gasteiger partial charge in [0.25, 0.3) is 0 Å². The molecule has 1 aromatic rings. The van der Waals surface area contributed by atoms with Gasteiger partial charge in [0.05, 0.1) is 0 Å². The van der Waals surface area contributed by atoms with Gasteiger partial charge in [0.2, 0.25) is 0 Å². The van der Waals surface area contributed by atoms with Crippen LogP contribution in [0.25, 0.3) is 0 Å². The zero-order chi connectivity index (χ0) is 11.3. The van der Waals surface area contributed by atoms with Crippen molar-refractivity contribution < 1.29 is 5.11 Å². The second-order valence-corrected chi connectivity index (χ2v) is 3.99. The number of anilines is 2. The Morgan fingerprint density at radius 3 is 2.87 bits per heavy atom. The topological polar surface area (TPSA) is 58.3 Å². The summed E-state index contributed by atoms with van der Waals surface area (Å²) in [7, 11) is 0. The van der Waals surface area contributed by atoms with Crippen LogP contribution in [0.4, 0.5) is 11.4 Å². The van der Waals surface area contributed by atoms with Crippen molar-refractivity contribution in [3.05, 3.63) is 23.8 Å². The minimum atomic E-state index is 0.252. The van der Waals surface area contributed by atoms with Crippen molar-refractivity contribution in [2.24, 2.45) is 0 Å². The molecule has 0 saturated carbocycles. The molecule has 0 bridgehead atoms. The summed E-state index contributed by atoms with van der Waals surface area (Å²) in [6.45, 7) is 4.42. The molecule has 1 atom stereocenters. The standard InChI is InChI=1S/C12H20N2O/c1-9-5-6-11(13)8-12(9)14-10(2)4-3-7-15/h5-6,8,10,14-15H,3-4,7,13H2,1-2H3. The molecule has 0 aliphatic heterocycles. The lowest BCUT2D eigenvalue weighted by molar-refractivity contribution is 0.282. The number of aliphatic hydroxyl groups is 1. The second-order valence-electron chi connectivity index (χ2n) is 3.99. The Hall–Kier alpha value is -1.22. The van der Waals surface area contributed by atoms with Crippen molar-refractivity contribution in [1.82, 2.24) is 0 Å². The van der Waals surface area contributed by atoms with E-state index in [1.165, 1.54) is 5.56 Å². The quantitative estimate of drug-likeness (QED) is 0.650. The number of aryl methyl sites for hydroxylation is 1. The smallest absolute Gasteiger partial charge is 0.0431 e. The van der Waals surface area contributed by atoms with Gasteiger partial charge >= 0.3 is 0 Å². The van der Waals surface area contributed by atoms with Crippen LogP contribution in [0.2, 0.25) is 0 Å². The molecular formula is C12H20N2O. The van der Waals surface area contributed by atoms with Crippen LogP contribution in [-0.2, 0) is 0 Å². The van der Waals surface area contributed by atoms with Gasteiger partial charge < -0.3 is 16.2 Å². The van der Waals surface area contributed by atoms with E-state index in [-0.39, 0.29) is 6.61 Å². The number of rotatable bonds is 5. The van der Waals surface area contributed by atoms with E-state index in [0.29, 0.717) is 6.04 Å². The molecule has 0 heterocycles. The number of nitrogen functional groups attached to an aromatic ring is 1. The fraction of sp³-hybridized carbons (Fsp3) is 0.500. The molecule has 3 nitrogen and oxygen atoms in total. The van der Waals surface area contributed by atoms with Gasteiger partial charge in [-0.15, -0.1) is 0 Å². The number of nitrogens with one attached hydrogen (secondary N) is 1. The first-order chi connectivity index (χ1) is 7.13. The van der Waals surface area contributed by atoms with Crippen LogP contribution < -0.4 is 11.1 Å². The van der Waals surface area contributed by atoms with E-state index < -0.39 is 0 Å². The maximum absolute atomic E-state index is 8.73. The number of benzene rings is 1. The lowest BCUT2D eigenvalue weighted by atomic mass is 10.1. The van der Waals surface area contributed by atoms with Crippen LogP contribution in [0.1, 0.15) is 25.3 Å². The molecule has 0 radical (unpaired) electrons. The normalized spacial score (nSPS) is 12.5. The van der Waals surface area contributed by atoms with Crippen LogP contribution in [0, 0.1) is 6.92 Å². The van der Waals surface area contributed by atoms with Crippen molar-refractivity contribution in [1.29, 1.82) is 0 Å². The second kappa shape index (κ2) is 5.61. The van der Waals surface area contributed by atoms with Crippen LogP contribution >= 0.6 is 0 Å². The van der Waals surface area contributed by atoms with Gasteiger partial charge in [0.1, 0.15) is 0 Å². The molecule has 0 aromatic heterocycles. The first kappa shape index (κ1) is 11.9. The van der Waals surface area contributed by atoms with Gasteiger partial charge in [-0.05, 0) is 44.4 Å². The van der Waals surface area contributed by atoms with Crippen LogP contribution in [0.15, 0.2) is 18.2 Å². The molecule has 0 aliphatic rings. The first-order valence-corrected chi connectivity index (χ1v) is 5.37. The predicted molar refractivity (Wildman–Crippen MR) is 65.0 cm³/mol. The van der Waals surface area contributed by atoms with Crippen molar-refractivity contribution in [2.45, 2.75) is 32.7 Å². The highest BCUT2D eigenvalue weighted by Gasteiger charge is 2.04. The Bertz CT molecular complexity index is 312. The van der Waals surface area contributed by atoms with Gasteiger partial charge in [-0.1, -0.05) is 6.07 Å². The largest absolute Gasteiger partial charge is 0.399 e. The Morgan fingerprint density at radius 1 is 1.47 bits per heavy atom. The Balaban J connectivity index is 2.59. The zero-order valence-corrected chi connectivity index (χ0v) is 9.46. The summed E-state index contributed by atoms with van der Waals surface area (Å²) in [5, 5.41) is 12.1. The van der Waals surface area contributed by atoms with E-state index in [4.69, 9.17) is 10.8 Å². The fourth-order valence-corrected chi connectivity index (χ4v) is 1.53. The van der Waals surface area contributed by atoms with Crippen LogP contribution in [0.5, 0.6) is 0 Å². The van der Waals surface area contributed by atoms with Crippen molar-refractivity contribution in [2.75, 3.05) is 17.7 Å². The predicted octanol–water partition coefficient (Wildman–Crippen LogP) is 2.15. The summed E-state index contributed by atoms with van der Waals surface area (Å²) >= 11 is 0. The van der Waals surface area contributed by atoms with E-state index in [9.17, 15) is 0 Å². The number of aliphatic hydroxyl groups excluding tert-OH is 1. The van der Waals surface area contributed by atoms with Crippen LogP contribution in [0.3, 0.4) is 0 Å². The van der Waals surface area contributed by atoms with Gasteiger partial charge in [-0.25, -0.2) is 0 Å². The summed E-state index contributed by atoms with van der Waals surface area (Å²) in [6, 6.07) is 6.22. The minimum Gasteiger partial charge on any atom is -0.399 e. The zero-order valence-electron chi connectivity index (χ0n) is 9.46. The van der Waals surface area contributed by atoms with Crippen molar-refractivity contribution in [3.63, 3.8) is 0 Å². The highest BCUT2D eigenvalue weighted by Crippen LogP contribution is 2.19. The van der Waals surface area contributed by atoms with Gasteiger partial charge in [0, 0.05) is 24.0 Å². The summed E-state index contributed by atoms with van der Waals surface area (Å²) in [6.07, 6.45) is 1.79. The van der Waals surface area contributed by atoms with E-state index in [0.717, 1.165) is 24.2 Å². The molecule has 0 amide bonds. The number of hydrogen-bond donors (Lipinski definition) is 3. The monoisotopic (exact) mass is 208 g/mol. The Kier molecular flexibility index (Phi) is 4.43. The van der Waals surface area contributed by atoms with Crippen LogP contribution in [-0.4, -0.2) is 17.8 Å². The molecule has 15 heavy (non-hydrogen) atoms. The lowest BCUT2D eigenvalue weighted by Gasteiger charge is -2.16. The lowest BCUT2D eigenvalue weighted by Crippen LogP contribution is -2.16. The minimum absolute atomic E-state index is 0.252. The van der Waals surface area contributed by atoms with Gasteiger partial charge in [0.15, 0.2) is 0 Å². The highest BCUT2D eigenvalue weighted by molar-refractivity contribution is 5.59. The Labute approximate surface area is 91.3 Å². The number of hydrogen-bond acceptors (Lipinski definition) is 3. The summed E-state index contributed by atoms with van der Waals surface area (Å²) in [4.78, 5) is 0. The fourth-order valence-electron chi connectivity index (χ4n) is 1.53. The first-order valence-electron chi connectivity index (χ1n) is 5.37. The molecule has 1 aromatic carbocycles. The molecular weight excluding hydrogens is 188 g/mol. The van der Waals surface area contributed by atoms with E-state index in [1.54, 1.807) is 0 Å². The van der Waals surface area contributed by atoms with Crippen molar-refractivity contribution >= 4 is 11.4 Å². The van der Waals surface area contributed by atoms with E-state index in [2.05, 4.69) is 19.2 Å². The maximum Gasteiger partial charge on any atom is 0.0431 e. The molecule has 3 heteroatoms. The third kappa shape index (κ3) is 3.80. The van der Waals surface area contributed by atoms with Gasteiger partial charge in [-0.3, -0.25) is 0 Å². The number of nitrogens with two attached hydrogens (primary N) is 1. The SMILES string of the molecule is Cc1ccc(N)cc1NC(C)CCCO. The molecule has 0 fully saturated rings. The molecule has 1 rings (SSSR count). The summed E-state index contributed by atoms with van der Waals surface area (Å²) < 4.78 is 0. The Morgan fingerprint density at radius 2 is 2.20 bits per heavy atom. The molecule has 0 aliphatic carbocycles. The highest BCUT2D eigenvalue weighted by atomic mass is 16.2. The molecule has 1 unspecified atom stereocenters. The molecule has 4 N–H and O–H groups in total. The van der Waals surface area contributed by atoms with Gasteiger partial charge in [-0.2, -0.15) is 0 Å². The summed E-state index contributed by atoms with van der Waals surface area (Å²) in [5.74, 6) is 0.